The van der Waals surface area contributed by atoms with Gasteiger partial charge in [0.25, 0.3) is 0 Å². The molecule has 1 aliphatic carbocycles. The fourth-order valence-corrected chi connectivity index (χ4v) is 5.81. The van der Waals surface area contributed by atoms with Crippen LogP contribution in [0.15, 0.2) is 60.1 Å². The molecule has 5 N–H and O–H groups in total. The Morgan fingerprint density at radius 1 is 1.10 bits per heavy atom. The third-order valence-electron chi connectivity index (χ3n) is 6.79. The molecule has 1 aliphatic heterocycles. The first-order valence-electron chi connectivity index (χ1n) is 14.5. The zero-order valence-electron chi connectivity index (χ0n) is 24.7. The van der Waals surface area contributed by atoms with Crippen LogP contribution in [-0.4, -0.2) is 37.5 Å². The maximum Gasteiger partial charge on any atom is 0.220 e. The van der Waals surface area contributed by atoms with Crippen LogP contribution in [0.2, 0.25) is 0 Å². The summed E-state index contributed by atoms with van der Waals surface area (Å²) in [5.41, 5.74) is 14.5. The predicted molar refractivity (Wildman–Crippen MR) is 166 cm³/mol. The number of nitrogens with two attached hydrogens (primary N) is 2. The van der Waals surface area contributed by atoms with Crippen LogP contribution in [0.1, 0.15) is 82.8 Å². The minimum absolute atomic E-state index is 0.00392. The molecule has 2 unspecified atom stereocenters. The molecule has 226 valence electrons. The molecule has 11 heteroatoms. The summed E-state index contributed by atoms with van der Waals surface area (Å²) in [7, 11) is 0. The monoisotopic (exact) mass is 597 g/mol. The van der Waals surface area contributed by atoms with E-state index in [1.54, 1.807) is 28.8 Å². The molecule has 1 aromatic carbocycles. The van der Waals surface area contributed by atoms with Gasteiger partial charge in [-0.25, -0.2) is 23.4 Å². The average Bonchev–Trinajstić information content (AvgIpc) is 3.65. The Hall–Kier alpha value is -3.73. The Bertz CT molecular complexity index is 1390. The van der Waals surface area contributed by atoms with Gasteiger partial charge in [-0.1, -0.05) is 39.8 Å². The minimum atomic E-state index is -0.712. The molecule has 0 spiro atoms. The summed E-state index contributed by atoms with van der Waals surface area (Å²) in [6.45, 7) is 8.00. The van der Waals surface area contributed by atoms with E-state index < -0.39 is 11.6 Å². The van der Waals surface area contributed by atoms with Crippen LogP contribution < -0.4 is 16.8 Å². The molecular formula is C31H41F2N7OS. The van der Waals surface area contributed by atoms with Gasteiger partial charge in [-0.15, -0.1) is 5.10 Å². The van der Waals surface area contributed by atoms with E-state index in [1.165, 1.54) is 18.2 Å². The van der Waals surface area contributed by atoms with E-state index >= 15 is 0 Å². The molecule has 2 aliphatic rings. The summed E-state index contributed by atoms with van der Waals surface area (Å²) in [5.74, 6) is 1.30. The average molecular weight is 598 g/mol. The first-order valence-corrected chi connectivity index (χ1v) is 15.7. The highest BCUT2D eigenvalue weighted by Crippen LogP contribution is 2.36. The molecule has 3 heterocycles. The van der Waals surface area contributed by atoms with Crippen molar-refractivity contribution in [1.82, 2.24) is 25.1 Å². The fourth-order valence-electron chi connectivity index (χ4n) is 4.85. The zero-order chi connectivity index (χ0) is 30.6. The summed E-state index contributed by atoms with van der Waals surface area (Å²) < 4.78 is 30.1. The Kier molecular flexibility index (Phi) is 12.5. The van der Waals surface area contributed by atoms with E-state index in [2.05, 4.69) is 15.4 Å². The Balaban J connectivity index is 0.00000116. The number of rotatable bonds is 8. The predicted octanol–water partition coefficient (Wildman–Crippen LogP) is 5.98. The van der Waals surface area contributed by atoms with E-state index in [0.717, 1.165) is 36.3 Å². The number of amides is 1. The smallest absolute Gasteiger partial charge is 0.220 e. The van der Waals surface area contributed by atoms with Crippen molar-refractivity contribution in [2.75, 3.05) is 5.75 Å². The van der Waals surface area contributed by atoms with Gasteiger partial charge in [0.05, 0.1) is 17.0 Å². The molecule has 0 saturated carbocycles. The Labute approximate surface area is 251 Å². The van der Waals surface area contributed by atoms with Crippen LogP contribution in [-0.2, 0) is 10.5 Å². The molecule has 2 aromatic heterocycles. The summed E-state index contributed by atoms with van der Waals surface area (Å²) in [5, 5.41) is 7.53. The number of pyridine rings is 1. The van der Waals surface area contributed by atoms with Gasteiger partial charge in [0.1, 0.15) is 18.0 Å². The van der Waals surface area contributed by atoms with E-state index in [9.17, 15) is 13.6 Å². The Morgan fingerprint density at radius 2 is 1.81 bits per heavy atom. The lowest BCUT2D eigenvalue weighted by Gasteiger charge is -2.25. The third-order valence-corrected chi connectivity index (χ3v) is 7.89. The van der Waals surface area contributed by atoms with Crippen molar-refractivity contribution in [3.63, 3.8) is 0 Å². The van der Waals surface area contributed by atoms with Gasteiger partial charge >= 0.3 is 0 Å². The van der Waals surface area contributed by atoms with E-state index in [1.807, 2.05) is 45.9 Å². The van der Waals surface area contributed by atoms with Crippen LogP contribution >= 0.6 is 11.8 Å². The highest BCUT2D eigenvalue weighted by molar-refractivity contribution is 7.98. The van der Waals surface area contributed by atoms with E-state index in [4.69, 9.17) is 16.5 Å². The molecule has 0 radical (unpaired) electrons. The van der Waals surface area contributed by atoms with Gasteiger partial charge in [0.15, 0.2) is 11.6 Å². The molecule has 5 rings (SSSR count). The van der Waals surface area contributed by atoms with E-state index in [-0.39, 0.29) is 29.1 Å². The molecule has 42 heavy (non-hydrogen) atoms. The van der Waals surface area contributed by atoms with Gasteiger partial charge in [-0.3, -0.25) is 4.79 Å². The van der Waals surface area contributed by atoms with Gasteiger partial charge in [0.2, 0.25) is 5.91 Å². The highest BCUT2D eigenvalue weighted by Gasteiger charge is 2.24. The zero-order valence-corrected chi connectivity index (χ0v) is 25.6. The molecule has 1 amide bonds. The van der Waals surface area contributed by atoms with Crippen molar-refractivity contribution in [1.29, 1.82) is 0 Å². The van der Waals surface area contributed by atoms with Crippen molar-refractivity contribution in [3.8, 4) is 5.82 Å². The van der Waals surface area contributed by atoms with Crippen molar-refractivity contribution in [3.05, 3.63) is 88.8 Å². The quantitative estimate of drug-likeness (QED) is 0.292. The van der Waals surface area contributed by atoms with E-state index in [0.29, 0.717) is 35.9 Å². The summed E-state index contributed by atoms with van der Waals surface area (Å²) in [6, 6.07) is 9.54. The van der Waals surface area contributed by atoms with Crippen molar-refractivity contribution < 1.29 is 13.6 Å². The topological polar surface area (TPSA) is 125 Å². The normalized spacial score (nSPS) is 18.5. The molecule has 1 fully saturated rings. The Morgan fingerprint density at radius 3 is 2.50 bits per heavy atom. The fraction of sp³-hybridized carbons (Fsp3) is 0.419. The number of hydrogen-bond donors (Lipinski definition) is 3. The molecule has 3 aromatic rings. The number of carbonyl (C=O) groups is 1. The lowest BCUT2D eigenvalue weighted by molar-refractivity contribution is -0.119. The van der Waals surface area contributed by atoms with Gasteiger partial charge in [-0.2, -0.15) is 11.8 Å². The lowest BCUT2D eigenvalue weighted by atomic mass is 9.84. The highest BCUT2D eigenvalue weighted by atomic mass is 32.2. The van der Waals surface area contributed by atoms with Gasteiger partial charge in [-0.05, 0) is 61.6 Å². The number of halogens is 2. The number of nitrogens with one attached hydrogen (secondary N) is 1. The molecule has 1 saturated heterocycles. The van der Waals surface area contributed by atoms with Crippen LogP contribution in [0.4, 0.5) is 8.78 Å². The maximum absolute atomic E-state index is 14.2. The largest absolute Gasteiger partial charge is 0.401 e. The standard InChI is InChI=1S/C27H29F2N7OS.2C2H6/c28-19-6-2-7-20(29)26(19)21(30)12-16-4-1-5-18(27(16)31)22-8-3-9-24(34-22)36-15-32-23(35-36)14-38-13-17-10-11-25(37)33-17;2*1-2/h2-3,6-9,12,15,17-18H,1,4-5,10-11,13-14,30-31H2,(H,33,37);2*1-2H3/b21-12-;;. The first-order chi connectivity index (χ1) is 20.4. The number of nitrogens with zero attached hydrogens (tertiary/aromatic N) is 4. The summed E-state index contributed by atoms with van der Waals surface area (Å²) in [4.78, 5) is 20.6. The lowest BCUT2D eigenvalue weighted by Crippen LogP contribution is -2.27. The van der Waals surface area contributed by atoms with Crippen LogP contribution in [0.25, 0.3) is 11.5 Å². The molecular weight excluding hydrogens is 556 g/mol. The van der Waals surface area contributed by atoms with Crippen molar-refractivity contribution in [2.24, 2.45) is 11.5 Å². The SMILES string of the molecule is CC.CC.NC1=C(/C=C(\N)c2c(F)cccc2F)CCCC1c1cccc(-n2cnc(CSCC3CCC(=O)N3)n2)n1. The summed E-state index contributed by atoms with van der Waals surface area (Å²) in [6.07, 6.45) is 6.96. The van der Waals surface area contributed by atoms with Crippen LogP contribution in [0.3, 0.4) is 0 Å². The second kappa shape index (κ2) is 16.1. The minimum Gasteiger partial charge on any atom is -0.401 e. The number of thioether (sulfide) groups is 1. The number of allylic oxidation sites excluding steroid dienone is 3. The van der Waals surface area contributed by atoms with Crippen molar-refractivity contribution >= 4 is 23.4 Å². The van der Waals surface area contributed by atoms with Crippen molar-refractivity contribution in [2.45, 2.75) is 77.5 Å². The maximum atomic E-state index is 14.2. The van der Waals surface area contributed by atoms with Gasteiger partial charge in [0, 0.05) is 35.5 Å². The third kappa shape index (κ3) is 8.18. The second-order valence-corrected chi connectivity index (χ2v) is 10.5. The number of hydrogen-bond acceptors (Lipinski definition) is 7. The first kappa shape index (κ1) is 32.8. The number of aromatic nitrogens is 4. The van der Waals surface area contributed by atoms with Gasteiger partial charge < -0.3 is 16.8 Å². The molecule has 8 nitrogen and oxygen atoms in total. The second-order valence-electron chi connectivity index (χ2n) is 9.47. The number of carbonyl (C=O) groups excluding carboxylic acids is 1. The summed E-state index contributed by atoms with van der Waals surface area (Å²) >= 11 is 1.69. The van der Waals surface area contributed by atoms with Crippen LogP contribution in [0.5, 0.6) is 0 Å². The molecule has 0 bridgehead atoms. The molecule has 2 atom stereocenters. The van der Waals surface area contributed by atoms with Crippen LogP contribution in [0, 0.1) is 11.6 Å². The number of benzene rings is 1.